The zero-order valence-corrected chi connectivity index (χ0v) is 23.9. The minimum absolute atomic E-state index is 0.0000987. The Labute approximate surface area is 240 Å². The van der Waals surface area contributed by atoms with Crippen molar-refractivity contribution in [3.63, 3.8) is 0 Å². The molecule has 2 saturated heterocycles. The molecule has 0 aromatic rings. The van der Waals surface area contributed by atoms with E-state index >= 15 is 0 Å². The third kappa shape index (κ3) is 8.73. The van der Waals surface area contributed by atoms with Crippen LogP contribution in [0.3, 0.4) is 0 Å². The van der Waals surface area contributed by atoms with Crippen LogP contribution < -0.4 is 33.6 Å². The summed E-state index contributed by atoms with van der Waals surface area (Å²) in [6.07, 6.45) is -6.62. The number of rotatable bonds is 13. The van der Waals surface area contributed by atoms with Crippen molar-refractivity contribution in [1.82, 2.24) is 10.6 Å². The highest BCUT2D eigenvalue weighted by molar-refractivity contribution is 5.84. The SMILES string of the molecule is CNC1C(O)C(OC2C(N=C(N)C(O)CCN)CC(N)C(OC3OC(CNCCO)CCC3N)C2O)OCC1(C)O. The molecule has 13 unspecified atom stereocenters. The maximum absolute atomic E-state index is 11.6. The van der Waals surface area contributed by atoms with Gasteiger partial charge in [-0.05, 0) is 46.2 Å². The van der Waals surface area contributed by atoms with E-state index in [1.165, 1.54) is 6.92 Å². The largest absolute Gasteiger partial charge is 0.395 e. The van der Waals surface area contributed by atoms with Crippen molar-refractivity contribution in [1.29, 1.82) is 0 Å². The van der Waals surface area contributed by atoms with Gasteiger partial charge in [-0.3, -0.25) is 4.99 Å². The number of amidine groups is 1. The van der Waals surface area contributed by atoms with E-state index in [9.17, 15) is 20.4 Å². The van der Waals surface area contributed by atoms with Crippen LogP contribution in [0.2, 0.25) is 0 Å². The van der Waals surface area contributed by atoms with Gasteiger partial charge in [-0.2, -0.15) is 0 Å². The van der Waals surface area contributed by atoms with E-state index in [1.54, 1.807) is 7.05 Å². The summed E-state index contributed by atoms with van der Waals surface area (Å²) in [7, 11) is 1.59. The van der Waals surface area contributed by atoms with Gasteiger partial charge in [0.25, 0.3) is 0 Å². The summed E-state index contributed by atoms with van der Waals surface area (Å²) in [4.78, 5) is 4.43. The molecule has 3 rings (SSSR count). The van der Waals surface area contributed by atoms with Crippen molar-refractivity contribution >= 4 is 5.84 Å². The minimum atomic E-state index is -1.39. The molecule has 0 amide bonds. The first-order valence-electron chi connectivity index (χ1n) is 14.3. The number of nitrogens with two attached hydrogens (primary N) is 4. The standard InChI is InChI=1S/C25H51N7O9/c1-25(37)11-38-24(18(36)21(25)30-2)41-20-15(32-22(29)16(34)5-6-26)9-14(28)19(17(20)35)40-23-13(27)4-3-12(39-23)10-31-7-8-33/h12-21,23-24,30-31,33-37H,3-11,26-28H2,1-2H3,(H2,29,32). The summed E-state index contributed by atoms with van der Waals surface area (Å²) in [5.74, 6) is -0.0928. The molecule has 0 spiro atoms. The Kier molecular flexibility index (Phi) is 13.1. The number of aliphatic hydroxyl groups excluding tert-OH is 4. The normalized spacial score (nSPS) is 43.2. The number of hydrogen-bond acceptors (Lipinski definition) is 15. The molecule has 0 radical (unpaired) electrons. The summed E-state index contributed by atoms with van der Waals surface area (Å²) in [5.41, 5.74) is 23.0. The van der Waals surface area contributed by atoms with Gasteiger partial charge in [0, 0.05) is 19.1 Å². The Morgan fingerprint density at radius 3 is 2.49 bits per heavy atom. The average Bonchev–Trinajstić information content (AvgIpc) is 2.91. The smallest absolute Gasteiger partial charge is 0.185 e. The number of nitrogens with zero attached hydrogens (tertiary/aromatic N) is 1. The van der Waals surface area contributed by atoms with E-state index in [-0.39, 0.29) is 44.5 Å². The molecule has 16 nitrogen and oxygen atoms in total. The Balaban J connectivity index is 1.81. The van der Waals surface area contributed by atoms with E-state index < -0.39 is 72.9 Å². The number of likely N-dealkylation sites (N-methyl/N-ethyl adjacent to an activating group) is 1. The highest BCUT2D eigenvalue weighted by Crippen LogP contribution is 2.33. The fourth-order valence-electron chi connectivity index (χ4n) is 5.65. The maximum atomic E-state index is 11.6. The summed E-state index contributed by atoms with van der Waals surface area (Å²) in [6.45, 7) is 2.48. The van der Waals surface area contributed by atoms with Crippen LogP contribution in [-0.4, -0.2) is 150 Å². The van der Waals surface area contributed by atoms with Gasteiger partial charge in [0.2, 0.25) is 0 Å². The first kappa shape index (κ1) is 34.4. The van der Waals surface area contributed by atoms with E-state index in [2.05, 4.69) is 15.6 Å². The van der Waals surface area contributed by atoms with Crippen LogP contribution in [0, 0.1) is 0 Å². The first-order valence-corrected chi connectivity index (χ1v) is 14.3. The van der Waals surface area contributed by atoms with Crippen molar-refractivity contribution in [2.24, 2.45) is 27.9 Å². The number of aliphatic imine (C=N–C) groups is 1. The number of hydrogen-bond donors (Lipinski definition) is 11. The highest BCUT2D eigenvalue weighted by atomic mass is 16.7. The van der Waals surface area contributed by atoms with Gasteiger partial charge in [-0.25, -0.2) is 0 Å². The first-order chi connectivity index (χ1) is 19.4. The van der Waals surface area contributed by atoms with Gasteiger partial charge in [0.05, 0.1) is 37.4 Å². The number of ether oxygens (including phenoxy) is 4. The van der Waals surface area contributed by atoms with E-state index in [1.807, 2.05) is 0 Å². The van der Waals surface area contributed by atoms with Gasteiger partial charge >= 0.3 is 0 Å². The molecule has 1 aliphatic carbocycles. The predicted octanol–water partition coefficient (Wildman–Crippen LogP) is -5.25. The fraction of sp³-hybridized carbons (Fsp3) is 0.960. The molecule has 1 saturated carbocycles. The van der Waals surface area contributed by atoms with Crippen molar-refractivity contribution in [3.8, 4) is 0 Å². The summed E-state index contributed by atoms with van der Waals surface area (Å²) in [5, 5.41) is 58.5. The van der Waals surface area contributed by atoms with Gasteiger partial charge in [0.1, 0.15) is 42.0 Å². The van der Waals surface area contributed by atoms with Crippen LogP contribution in [0.1, 0.15) is 32.6 Å². The summed E-state index contributed by atoms with van der Waals surface area (Å²) in [6, 6.07) is -2.85. The Hall–Kier alpha value is -1.09. The maximum Gasteiger partial charge on any atom is 0.185 e. The lowest BCUT2D eigenvalue weighted by Gasteiger charge is -2.48. The van der Waals surface area contributed by atoms with E-state index in [0.717, 1.165) is 0 Å². The lowest BCUT2D eigenvalue weighted by Crippen LogP contribution is -2.67. The van der Waals surface area contributed by atoms with Crippen molar-refractivity contribution in [3.05, 3.63) is 0 Å². The van der Waals surface area contributed by atoms with Crippen LogP contribution in [0.25, 0.3) is 0 Å². The number of nitrogens with one attached hydrogen (secondary N) is 2. The molecule has 2 heterocycles. The Morgan fingerprint density at radius 1 is 1.12 bits per heavy atom. The topological polar surface area (TPSA) is 279 Å². The molecule has 41 heavy (non-hydrogen) atoms. The minimum Gasteiger partial charge on any atom is -0.395 e. The number of aliphatic hydroxyl groups is 5. The van der Waals surface area contributed by atoms with E-state index in [4.69, 9.17) is 47.0 Å². The van der Waals surface area contributed by atoms with Crippen LogP contribution in [0.15, 0.2) is 4.99 Å². The van der Waals surface area contributed by atoms with Crippen LogP contribution in [0.4, 0.5) is 0 Å². The van der Waals surface area contributed by atoms with Gasteiger partial charge in [-0.15, -0.1) is 0 Å². The lowest BCUT2D eigenvalue weighted by atomic mass is 9.83. The second-order valence-electron chi connectivity index (χ2n) is 11.4. The molecule has 240 valence electrons. The second-order valence-corrected chi connectivity index (χ2v) is 11.4. The second kappa shape index (κ2) is 15.6. The molecule has 2 aliphatic heterocycles. The third-order valence-corrected chi connectivity index (χ3v) is 7.97. The zero-order chi connectivity index (χ0) is 30.3. The van der Waals surface area contributed by atoms with E-state index in [0.29, 0.717) is 25.9 Å². The van der Waals surface area contributed by atoms with Crippen molar-refractivity contribution < 1.29 is 44.5 Å². The van der Waals surface area contributed by atoms with Crippen molar-refractivity contribution in [2.75, 3.05) is 39.9 Å². The molecule has 15 N–H and O–H groups in total. The third-order valence-electron chi connectivity index (χ3n) is 7.97. The van der Waals surface area contributed by atoms with Gasteiger partial charge < -0.3 is 78.0 Å². The molecule has 16 heteroatoms. The predicted molar refractivity (Wildman–Crippen MR) is 148 cm³/mol. The molecular formula is C25H51N7O9. The summed E-state index contributed by atoms with van der Waals surface area (Å²) < 4.78 is 24.0. The van der Waals surface area contributed by atoms with Crippen molar-refractivity contribution in [2.45, 2.75) is 112 Å². The zero-order valence-electron chi connectivity index (χ0n) is 23.9. The summed E-state index contributed by atoms with van der Waals surface area (Å²) >= 11 is 0. The molecular weight excluding hydrogens is 542 g/mol. The van der Waals surface area contributed by atoms with Crippen LogP contribution in [0.5, 0.6) is 0 Å². The fourth-order valence-corrected chi connectivity index (χ4v) is 5.65. The molecule has 0 aromatic heterocycles. The molecule has 3 aliphatic rings. The molecule has 3 fully saturated rings. The van der Waals surface area contributed by atoms with Gasteiger partial charge in [-0.1, -0.05) is 0 Å². The highest BCUT2D eigenvalue weighted by Gasteiger charge is 2.51. The average molecular weight is 594 g/mol. The monoisotopic (exact) mass is 593 g/mol. The van der Waals surface area contributed by atoms with Crippen LogP contribution in [-0.2, 0) is 18.9 Å². The molecule has 13 atom stereocenters. The quantitative estimate of drug-likeness (QED) is 0.0540. The Morgan fingerprint density at radius 2 is 1.83 bits per heavy atom. The molecule has 0 aromatic carbocycles. The molecule has 0 bridgehead atoms. The van der Waals surface area contributed by atoms with Crippen LogP contribution >= 0.6 is 0 Å². The Bertz CT molecular complexity index is 828. The van der Waals surface area contributed by atoms with Gasteiger partial charge in [0.15, 0.2) is 12.6 Å². The lowest BCUT2D eigenvalue weighted by molar-refractivity contribution is -0.306.